The third-order valence-corrected chi connectivity index (χ3v) is 4.45. The Bertz CT molecular complexity index is 267. The van der Waals surface area contributed by atoms with E-state index in [9.17, 15) is 0 Å². The molecular formula is C14H28N2O. The van der Waals surface area contributed by atoms with Gasteiger partial charge in [-0.3, -0.25) is 4.90 Å². The first-order valence-corrected chi connectivity index (χ1v) is 7.03. The van der Waals surface area contributed by atoms with E-state index in [1.54, 1.807) is 0 Å². The second-order valence-electron chi connectivity index (χ2n) is 6.85. The molecule has 0 bridgehead atoms. The molecule has 0 spiro atoms. The minimum atomic E-state index is 0.0340. The van der Waals surface area contributed by atoms with E-state index in [0.29, 0.717) is 0 Å². The highest BCUT2D eigenvalue weighted by Gasteiger charge is 2.38. The summed E-state index contributed by atoms with van der Waals surface area (Å²) in [6.45, 7) is 10.6. The zero-order chi connectivity index (χ0) is 12.5. The molecule has 17 heavy (non-hydrogen) atoms. The van der Waals surface area contributed by atoms with E-state index in [1.807, 2.05) is 0 Å². The molecule has 2 fully saturated rings. The molecule has 0 aromatic rings. The molecule has 0 radical (unpaired) electrons. The normalized spacial score (nSPS) is 39.2. The Morgan fingerprint density at radius 1 is 1.41 bits per heavy atom. The third kappa shape index (κ3) is 3.21. The Labute approximate surface area is 106 Å². The summed E-state index contributed by atoms with van der Waals surface area (Å²) in [5, 5.41) is 0. The fourth-order valence-corrected chi connectivity index (χ4v) is 3.41. The smallest absolute Gasteiger partial charge is 0.0645 e. The number of hydrogen-bond acceptors (Lipinski definition) is 3. The lowest BCUT2D eigenvalue weighted by molar-refractivity contribution is -0.0631. The van der Waals surface area contributed by atoms with Gasteiger partial charge in [0.15, 0.2) is 0 Å². The first-order chi connectivity index (χ1) is 7.91. The molecular weight excluding hydrogens is 212 g/mol. The number of morpholine rings is 1. The highest BCUT2D eigenvalue weighted by Crippen LogP contribution is 2.33. The van der Waals surface area contributed by atoms with Gasteiger partial charge in [-0.2, -0.15) is 0 Å². The maximum atomic E-state index is 6.62. The van der Waals surface area contributed by atoms with E-state index >= 15 is 0 Å². The van der Waals surface area contributed by atoms with Crippen LogP contribution in [0.4, 0.5) is 0 Å². The van der Waals surface area contributed by atoms with Gasteiger partial charge in [0.25, 0.3) is 0 Å². The number of rotatable bonds is 2. The van der Waals surface area contributed by atoms with Crippen molar-refractivity contribution in [3.63, 3.8) is 0 Å². The highest BCUT2D eigenvalue weighted by atomic mass is 16.5. The molecule has 0 aromatic heterocycles. The standard InChI is InChI=1S/C14H28N2O/c1-12-5-4-6-14(15,9-12)10-16-7-8-17-11-13(16,2)3/h12H,4-11,15H2,1-3H3. The van der Waals surface area contributed by atoms with Gasteiger partial charge >= 0.3 is 0 Å². The van der Waals surface area contributed by atoms with E-state index in [1.165, 1.54) is 25.7 Å². The van der Waals surface area contributed by atoms with Crippen molar-refractivity contribution in [1.82, 2.24) is 4.90 Å². The average molecular weight is 240 g/mol. The Balaban J connectivity index is 1.98. The van der Waals surface area contributed by atoms with Crippen molar-refractivity contribution >= 4 is 0 Å². The van der Waals surface area contributed by atoms with Crippen molar-refractivity contribution in [2.45, 2.75) is 57.5 Å². The van der Waals surface area contributed by atoms with E-state index in [4.69, 9.17) is 10.5 Å². The van der Waals surface area contributed by atoms with Crippen molar-refractivity contribution in [3.8, 4) is 0 Å². The zero-order valence-corrected chi connectivity index (χ0v) is 11.7. The number of nitrogens with two attached hydrogens (primary N) is 1. The lowest BCUT2D eigenvalue weighted by Gasteiger charge is -2.48. The minimum absolute atomic E-state index is 0.0340. The van der Waals surface area contributed by atoms with Crippen molar-refractivity contribution in [3.05, 3.63) is 0 Å². The fourth-order valence-electron chi connectivity index (χ4n) is 3.41. The Kier molecular flexibility index (Phi) is 3.81. The molecule has 1 heterocycles. The van der Waals surface area contributed by atoms with Crippen LogP contribution >= 0.6 is 0 Å². The van der Waals surface area contributed by atoms with Crippen LogP contribution in [-0.2, 0) is 4.74 Å². The number of hydrogen-bond donors (Lipinski definition) is 1. The molecule has 2 rings (SSSR count). The Morgan fingerprint density at radius 2 is 2.18 bits per heavy atom. The van der Waals surface area contributed by atoms with Crippen LogP contribution < -0.4 is 5.73 Å². The maximum Gasteiger partial charge on any atom is 0.0645 e. The summed E-state index contributed by atoms with van der Waals surface area (Å²) in [4.78, 5) is 2.54. The summed E-state index contributed by atoms with van der Waals surface area (Å²) in [5.41, 5.74) is 6.80. The van der Waals surface area contributed by atoms with Gasteiger partial charge in [0.05, 0.1) is 13.2 Å². The molecule has 0 amide bonds. The zero-order valence-electron chi connectivity index (χ0n) is 11.7. The molecule has 2 atom stereocenters. The highest BCUT2D eigenvalue weighted by molar-refractivity contribution is 4.96. The van der Waals surface area contributed by atoms with Gasteiger partial charge in [-0.1, -0.05) is 19.8 Å². The van der Waals surface area contributed by atoms with Gasteiger partial charge in [-0.05, 0) is 32.6 Å². The van der Waals surface area contributed by atoms with Crippen LogP contribution in [0.3, 0.4) is 0 Å². The van der Waals surface area contributed by atoms with Gasteiger partial charge in [-0.25, -0.2) is 0 Å². The molecule has 1 aliphatic heterocycles. The molecule has 100 valence electrons. The largest absolute Gasteiger partial charge is 0.378 e. The molecule has 1 saturated heterocycles. The molecule has 0 aromatic carbocycles. The van der Waals surface area contributed by atoms with Crippen LogP contribution in [0.5, 0.6) is 0 Å². The molecule has 1 saturated carbocycles. The van der Waals surface area contributed by atoms with Crippen LogP contribution in [0.2, 0.25) is 0 Å². The first kappa shape index (κ1) is 13.3. The molecule has 2 unspecified atom stereocenters. The van der Waals surface area contributed by atoms with Crippen LogP contribution in [0.25, 0.3) is 0 Å². The van der Waals surface area contributed by atoms with Crippen LogP contribution in [-0.4, -0.2) is 42.3 Å². The molecule has 2 aliphatic rings. The summed E-state index contributed by atoms with van der Waals surface area (Å²) in [5.74, 6) is 0.790. The first-order valence-electron chi connectivity index (χ1n) is 7.03. The predicted octanol–water partition coefficient (Wildman–Crippen LogP) is 2.00. The fraction of sp³-hybridized carbons (Fsp3) is 1.00. The second kappa shape index (κ2) is 4.87. The molecule has 1 aliphatic carbocycles. The topological polar surface area (TPSA) is 38.5 Å². The van der Waals surface area contributed by atoms with E-state index < -0.39 is 0 Å². The summed E-state index contributed by atoms with van der Waals surface area (Å²) < 4.78 is 5.58. The van der Waals surface area contributed by atoms with Crippen LogP contribution in [0.1, 0.15) is 46.5 Å². The van der Waals surface area contributed by atoms with E-state index in [-0.39, 0.29) is 11.1 Å². The van der Waals surface area contributed by atoms with Gasteiger partial charge in [-0.15, -0.1) is 0 Å². The van der Waals surface area contributed by atoms with E-state index in [0.717, 1.165) is 32.2 Å². The van der Waals surface area contributed by atoms with E-state index in [2.05, 4.69) is 25.7 Å². The predicted molar refractivity (Wildman–Crippen MR) is 71.0 cm³/mol. The second-order valence-corrected chi connectivity index (χ2v) is 6.85. The third-order valence-electron chi connectivity index (χ3n) is 4.45. The number of ether oxygens (including phenoxy) is 1. The monoisotopic (exact) mass is 240 g/mol. The maximum absolute atomic E-state index is 6.62. The van der Waals surface area contributed by atoms with Gasteiger partial charge < -0.3 is 10.5 Å². The summed E-state index contributed by atoms with van der Waals surface area (Å²) in [7, 11) is 0. The van der Waals surface area contributed by atoms with Crippen molar-refractivity contribution in [2.75, 3.05) is 26.3 Å². The quantitative estimate of drug-likeness (QED) is 0.802. The summed E-state index contributed by atoms with van der Waals surface area (Å²) in [6.07, 6.45) is 5.01. The average Bonchev–Trinajstić information content (AvgIpc) is 2.20. The molecule has 3 heteroatoms. The SMILES string of the molecule is CC1CCCC(N)(CN2CCOCC2(C)C)C1. The van der Waals surface area contributed by atoms with Crippen molar-refractivity contribution in [1.29, 1.82) is 0 Å². The minimum Gasteiger partial charge on any atom is -0.378 e. The van der Waals surface area contributed by atoms with Crippen molar-refractivity contribution in [2.24, 2.45) is 11.7 Å². The van der Waals surface area contributed by atoms with Gasteiger partial charge in [0.2, 0.25) is 0 Å². The number of nitrogens with zero attached hydrogens (tertiary/aromatic N) is 1. The summed E-state index contributed by atoms with van der Waals surface area (Å²) in [6, 6.07) is 0. The Hall–Kier alpha value is -0.120. The van der Waals surface area contributed by atoms with Gasteiger partial charge in [0, 0.05) is 24.2 Å². The molecule has 3 nitrogen and oxygen atoms in total. The van der Waals surface area contributed by atoms with Gasteiger partial charge in [0.1, 0.15) is 0 Å². The van der Waals surface area contributed by atoms with Crippen LogP contribution in [0, 0.1) is 5.92 Å². The van der Waals surface area contributed by atoms with Crippen LogP contribution in [0.15, 0.2) is 0 Å². The van der Waals surface area contributed by atoms with Crippen molar-refractivity contribution < 1.29 is 4.74 Å². The summed E-state index contributed by atoms with van der Waals surface area (Å²) >= 11 is 0. The lowest BCUT2D eigenvalue weighted by Crippen LogP contribution is -2.61. The Morgan fingerprint density at radius 3 is 2.82 bits per heavy atom. The lowest BCUT2D eigenvalue weighted by atomic mass is 9.76. The molecule has 2 N–H and O–H groups in total.